The first kappa shape index (κ1) is 12.4. The van der Waals surface area contributed by atoms with Gasteiger partial charge in [-0.25, -0.2) is 0 Å². The molecule has 2 atom stereocenters. The van der Waals surface area contributed by atoms with Crippen molar-refractivity contribution in [1.29, 1.82) is 0 Å². The lowest BCUT2D eigenvalue weighted by Crippen LogP contribution is -2.22. The lowest BCUT2D eigenvalue weighted by molar-refractivity contribution is -0.148. The first-order chi connectivity index (χ1) is 5.93. The van der Waals surface area contributed by atoms with Crippen LogP contribution in [0.15, 0.2) is 0 Å². The number of ether oxygens (including phenoxy) is 1. The average molecular weight is 187 g/mol. The van der Waals surface area contributed by atoms with E-state index in [0.717, 1.165) is 6.42 Å². The third-order valence-corrected chi connectivity index (χ3v) is 1.76. The second-order valence-electron chi connectivity index (χ2n) is 4.10. The Bertz CT molecular complexity index is 155. The monoisotopic (exact) mass is 187 g/mol. The quantitative estimate of drug-likeness (QED) is 0.664. The lowest BCUT2D eigenvalue weighted by Gasteiger charge is -2.14. The molecule has 0 bridgehead atoms. The topological polar surface area (TPSA) is 52.3 Å². The number of carbonyl (C=O) groups excluding carboxylic acids is 1. The fraction of sp³-hybridized carbons (Fsp3) is 0.900. The molecule has 0 aromatic rings. The molecule has 0 spiro atoms. The summed E-state index contributed by atoms with van der Waals surface area (Å²) >= 11 is 0. The Morgan fingerprint density at radius 3 is 2.23 bits per heavy atom. The molecule has 0 aliphatic heterocycles. The van der Waals surface area contributed by atoms with E-state index in [0.29, 0.717) is 12.5 Å². The molecule has 3 nitrogen and oxygen atoms in total. The maximum atomic E-state index is 11.1. The minimum Gasteiger partial charge on any atom is -0.465 e. The van der Waals surface area contributed by atoms with Gasteiger partial charge in [0.2, 0.25) is 0 Å². The van der Waals surface area contributed by atoms with Gasteiger partial charge in [0.1, 0.15) is 0 Å². The fourth-order valence-corrected chi connectivity index (χ4v) is 1.09. The van der Waals surface area contributed by atoms with Crippen LogP contribution in [0.4, 0.5) is 0 Å². The van der Waals surface area contributed by atoms with E-state index in [9.17, 15) is 4.79 Å². The van der Waals surface area contributed by atoms with E-state index in [4.69, 9.17) is 10.5 Å². The van der Waals surface area contributed by atoms with Crippen molar-refractivity contribution in [3.63, 3.8) is 0 Å². The van der Waals surface area contributed by atoms with E-state index in [2.05, 4.69) is 0 Å². The van der Waals surface area contributed by atoms with E-state index in [1.54, 1.807) is 0 Å². The van der Waals surface area contributed by atoms with Crippen molar-refractivity contribution in [2.24, 2.45) is 17.6 Å². The molecular weight excluding hydrogens is 166 g/mol. The number of hydrogen-bond donors (Lipinski definition) is 1. The summed E-state index contributed by atoms with van der Waals surface area (Å²) in [5.41, 5.74) is 5.62. The van der Waals surface area contributed by atoms with E-state index in [-0.39, 0.29) is 17.9 Å². The molecule has 78 valence electrons. The van der Waals surface area contributed by atoms with Crippen LogP contribution in [0, 0.1) is 11.8 Å². The van der Waals surface area contributed by atoms with Crippen molar-refractivity contribution >= 4 is 5.97 Å². The molecule has 0 heterocycles. The summed E-state index contributed by atoms with van der Waals surface area (Å²) in [6, 6.07) is 0.174. The van der Waals surface area contributed by atoms with E-state index < -0.39 is 0 Å². The lowest BCUT2D eigenvalue weighted by atomic mass is 10.0. The van der Waals surface area contributed by atoms with E-state index >= 15 is 0 Å². The summed E-state index contributed by atoms with van der Waals surface area (Å²) in [5, 5.41) is 0. The second kappa shape index (κ2) is 5.97. The third kappa shape index (κ3) is 6.58. The van der Waals surface area contributed by atoms with Crippen LogP contribution in [0.25, 0.3) is 0 Å². The van der Waals surface area contributed by atoms with Gasteiger partial charge in [-0.1, -0.05) is 20.8 Å². The maximum Gasteiger partial charge on any atom is 0.308 e. The number of esters is 1. The van der Waals surface area contributed by atoms with Crippen molar-refractivity contribution in [1.82, 2.24) is 0 Å². The first-order valence-corrected chi connectivity index (χ1v) is 4.85. The summed E-state index contributed by atoms with van der Waals surface area (Å²) in [6.45, 7) is 8.15. The van der Waals surface area contributed by atoms with Crippen LogP contribution < -0.4 is 5.73 Å². The Labute approximate surface area is 80.6 Å². The summed E-state index contributed by atoms with van der Waals surface area (Å²) in [4.78, 5) is 11.1. The molecular formula is C10H21NO2. The van der Waals surface area contributed by atoms with Gasteiger partial charge in [0.25, 0.3) is 0 Å². The van der Waals surface area contributed by atoms with Crippen molar-refractivity contribution in [3.05, 3.63) is 0 Å². The van der Waals surface area contributed by atoms with Crippen LogP contribution in [0.5, 0.6) is 0 Å². The summed E-state index contributed by atoms with van der Waals surface area (Å²) in [6.07, 6.45) is 0.894. The molecule has 0 aliphatic carbocycles. The Balaban J connectivity index is 3.58. The van der Waals surface area contributed by atoms with Crippen LogP contribution >= 0.6 is 0 Å². The Morgan fingerprint density at radius 2 is 1.85 bits per heavy atom. The Kier molecular flexibility index (Phi) is 5.71. The zero-order valence-corrected chi connectivity index (χ0v) is 9.04. The number of hydrogen-bond acceptors (Lipinski definition) is 3. The number of rotatable bonds is 5. The molecule has 0 aliphatic rings. The third-order valence-electron chi connectivity index (χ3n) is 1.76. The van der Waals surface area contributed by atoms with Gasteiger partial charge >= 0.3 is 5.97 Å². The van der Waals surface area contributed by atoms with E-state index in [1.807, 2.05) is 27.7 Å². The summed E-state index contributed by atoms with van der Waals surface area (Å²) in [5.74, 6) is 0.182. The SMILES string of the molecule is CC(N)CC(C)COC(=O)C(C)C. The highest BCUT2D eigenvalue weighted by Crippen LogP contribution is 2.06. The second-order valence-corrected chi connectivity index (χ2v) is 4.10. The molecule has 0 rings (SSSR count). The standard InChI is InChI=1S/C10H21NO2/c1-7(2)10(12)13-6-8(3)5-9(4)11/h7-9H,5-6,11H2,1-4H3. The van der Waals surface area contributed by atoms with Crippen molar-refractivity contribution in [2.45, 2.75) is 40.2 Å². The molecule has 0 aromatic heterocycles. The highest BCUT2D eigenvalue weighted by molar-refractivity contribution is 5.71. The van der Waals surface area contributed by atoms with Gasteiger partial charge < -0.3 is 10.5 Å². The fourth-order valence-electron chi connectivity index (χ4n) is 1.09. The number of nitrogens with two attached hydrogens (primary N) is 1. The smallest absolute Gasteiger partial charge is 0.308 e. The molecule has 13 heavy (non-hydrogen) atoms. The van der Waals surface area contributed by atoms with Gasteiger partial charge in [-0.2, -0.15) is 0 Å². The predicted molar refractivity (Wildman–Crippen MR) is 53.2 cm³/mol. The molecule has 2 unspecified atom stereocenters. The largest absolute Gasteiger partial charge is 0.465 e. The Morgan fingerprint density at radius 1 is 1.31 bits per heavy atom. The predicted octanol–water partition coefficient (Wildman–Crippen LogP) is 1.56. The first-order valence-electron chi connectivity index (χ1n) is 4.85. The Hall–Kier alpha value is -0.570. The maximum absolute atomic E-state index is 11.1. The van der Waals surface area contributed by atoms with Crippen LogP contribution in [-0.2, 0) is 9.53 Å². The summed E-state index contributed by atoms with van der Waals surface area (Å²) in [7, 11) is 0. The number of carbonyl (C=O) groups is 1. The van der Waals surface area contributed by atoms with Gasteiger partial charge in [-0.3, -0.25) is 4.79 Å². The molecule has 0 saturated carbocycles. The van der Waals surface area contributed by atoms with Gasteiger partial charge in [-0.15, -0.1) is 0 Å². The van der Waals surface area contributed by atoms with E-state index in [1.165, 1.54) is 0 Å². The molecule has 2 N–H and O–H groups in total. The average Bonchev–Trinajstić information content (AvgIpc) is 1.98. The van der Waals surface area contributed by atoms with Gasteiger partial charge in [0, 0.05) is 6.04 Å². The highest BCUT2D eigenvalue weighted by atomic mass is 16.5. The van der Waals surface area contributed by atoms with Crippen molar-refractivity contribution < 1.29 is 9.53 Å². The zero-order chi connectivity index (χ0) is 10.4. The highest BCUT2D eigenvalue weighted by Gasteiger charge is 2.11. The molecule has 0 aromatic carbocycles. The minimum atomic E-state index is -0.128. The molecule has 0 fully saturated rings. The molecule has 0 radical (unpaired) electrons. The molecule has 0 saturated heterocycles. The van der Waals surface area contributed by atoms with Crippen molar-refractivity contribution in [3.8, 4) is 0 Å². The van der Waals surface area contributed by atoms with Crippen molar-refractivity contribution in [2.75, 3.05) is 6.61 Å². The van der Waals surface area contributed by atoms with Gasteiger partial charge in [-0.05, 0) is 19.3 Å². The van der Waals surface area contributed by atoms with Crippen LogP contribution in [0.1, 0.15) is 34.1 Å². The van der Waals surface area contributed by atoms with Crippen LogP contribution in [0.3, 0.4) is 0 Å². The van der Waals surface area contributed by atoms with Crippen LogP contribution in [-0.4, -0.2) is 18.6 Å². The molecule has 3 heteroatoms. The van der Waals surface area contributed by atoms with Crippen LogP contribution in [0.2, 0.25) is 0 Å². The van der Waals surface area contributed by atoms with Gasteiger partial charge in [0.15, 0.2) is 0 Å². The molecule has 0 amide bonds. The normalized spacial score (nSPS) is 15.5. The zero-order valence-electron chi connectivity index (χ0n) is 9.04. The minimum absolute atomic E-state index is 0.0394. The summed E-state index contributed by atoms with van der Waals surface area (Å²) < 4.78 is 5.07. The van der Waals surface area contributed by atoms with Gasteiger partial charge in [0.05, 0.1) is 12.5 Å².